The van der Waals surface area contributed by atoms with Crippen LogP contribution < -0.4 is 5.73 Å². The fourth-order valence-corrected chi connectivity index (χ4v) is 2.04. The van der Waals surface area contributed by atoms with Gasteiger partial charge in [0.05, 0.1) is 16.0 Å². The third kappa shape index (κ3) is 1.38. The largest absolute Gasteiger partial charge is 0.507 e. The molecule has 88 valence electrons. The van der Waals surface area contributed by atoms with Crippen molar-refractivity contribution >= 4 is 28.6 Å². The van der Waals surface area contributed by atoms with Crippen LogP contribution >= 0.6 is 12.2 Å². The number of Topliss-reactive ketones (excluding diaryl/α,β-unsaturated/α-hetero) is 1. The monoisotopic (exact) mass is 251 g/mol. The summed E-state index contributed by atoms with van der Waals surface area (Å²) in [5.74, 6) is -1.82. The van der Waals surface area contributed by atoms with E-state index >= 15 is 0 Å². The molecule has 0 radical (unpaired) electrons. The fraction of sp³-hybridized carbons (Fsp3) is 0.0909. The van der Waals surface area contributed by atoms with Gasteiger partial charge in [-0.1, -0.05) is 12.2 Å². The van der Waals surface area contributed by atoms with Crippen LogP contribution in [0.15, 0.2) is 11.8 Å². The number of thiocarbonyl (C=S) groups is 1. The maximum absolute atomic E-state index is 11.6. The van der Waals surface area contributed by atoms with Crippen molar-refractivity contribution in [1.29, 1.82) is 0 Å². The van der Waals surface area contributed by atoms with Crippen LogP contribution in [0.3, 0.4) is 0 Å². The lowest BCUT2D eigenvalue weighted by molar-refractivity contribution is -0.109. The third-order valence-corrected chi connectivity index (χ3v) is 3.03. The highest BCUT2D eigenvalue weighted by atomic mass is 32.1. The van der Waals surface area contributed by atoms with Gasteiger partial charge in [-0.25, -0.2) is 0 Å². The number of benzene rings is 1. The molecule has 17 heavy (non-hydrogen) atoms. The van der Waals surface area contributed by atoms with E-state index in [1.165, 1.54) is 13.0 Å². The van der Waals surface area contributed by atoms with Crippen molar-refractivity contribution in [1.82, 2.24) is 0 Å². The summed E-state index contributed by atoms with van der Waals surface area (Å²) in [6, 6.07) is 1.27. The van der Waals surface area contributed by atoms with Crippen LogP contribution in [0.25, 0.3) is 5.76 Å². The molecular weight excluding hydrogens is 242 g/mol. The van der Waals surface area contributed by atoms with Crippen molar-refractivity contribution in [3.63, 3.8) is 0 Å². The molecule has 0 unspecified atom stereocenters. The zero-order valence-corrected chi connectivity index (χ0v) is 9.63. The number of nitrogens with two attached hydrogens (primary N) is 1. The first-order valence-electron chi connectivity index (χ1n) is 4.70. The van der Waals surface area contributed by atoms with Gasteiger partial charge in [-0.15, -0.1) is 0 Å². The Bertz CT molecular complexity index is 604. The Balaban J connectivity index is 2.95. The first-order valence-corrected chi connectivity index (χ1v) is 5.10. The van der Waals surface area contributed by atoms with Crippen LogP contribution in [0.4, 0.5) is 0 Å². The number of aliphatic hydroxyl groups excluding tert-OH is 1. The van der Waals surface area contributed by atoms with E-state index in [0.717, 1.165) is 0 Å². The Kier molecular flexibility index (Phi) is 2.32. The first-order chi connectivity index (χ1) is 7.86. The lowest BCUT2D eigenvalue weighted by Gasteiger charge is -2.20. The lowest BCUT2D eigenvalue weighted by Crippen LogP contribution is -2.27. The highest BCUT2D eigenvalue weighted by Crippen LogP contribution is 2.40. The summed E-state index contributed by atoms with van der Waals surface area (Å²) in [5, 5.41) is 29.3. The Hall–Kier alpha value is -2.08. The molecule has 0 bridgehead atoms. The third-order valence-electron chi connectivity index (χ3n) is 2.64. The van der Waals surface area contributed by atoms with Crippen molar-refractivity contribution in [2.45, 2.75) is 6.92 Å². The second-order valence-electron chi connectivity index (χ2n) is 3.73. The van der Waals surface area contributed by atoms with Crippen LogP contribution in [0.5, 0.6) is 11.5 Å². The smallest absolute Gasteiger partial charge is 0.224 e. The topological polar surface area (TPSA) is 104 Å². The van der Waals surface area contributed by atoms with Crippen molar-refractivity contribution in [2.24, 2.45) is 5.73 Å². The number of fused-ring (bicyclic) bond motifs is 1. The summed E-state index contributed by atoms with van der Waals surface area (Å²) >= 11 is 4.86. The second-order valence-corrected chi connectivity index (χ2v) is 4.14. The van der Waals surface area contributed by atoms with Crippen LogP contribution in [-0.4, -0.2) is 26.0 Å². The van der Waals surface area contributed by atoms with Crippen LogP contribution in [-0.2, 0) is 4.79 Å². The molecular formula is C11H9NO4S. The molecule has 0 saturated carbocycles. The Labute approximate surface area is 102 Å². The SMILES string of the molecule is Cc1cc(O)c2c(c1O)C(O)=C(N)C(=O)C2=S. The van der Waals surface area contributed by atoms with Gasteiger partial charge in [-0.2, -0.15) is 0 Å². The van der Waals surface area contributed by atoms with Gasteiger partial charge < -0.3 is 21.1 Å². The number of phenols is 2. The van der Waals surface area contributed by atoms with Crippen LogP contribution in [0.1, 0.15) is 16.7 Å². The number of carbonyl (C=O) groups excluding carboxylic acids is 1. The molecule has 0 aliphatic heterocycles. The number of ketones is 1. The number of allylic oxidation sites excluding steroid dienone is 1. The molecule has 0 aromatic heterocycles. The Morgan fingerprint density at radius 3 is 2.41 bits per heavy atom. The molecule has 0 atom stereocenters. The summed E-state index contributed by atoms with van der Waals surface area (Å²) in [4.78, 5) is 11.4. The highest BCUT2D eigenvalue weighted by Gasteiger charge is 2.33. The number of hydrogen-bond donors (Lipinski definition) is 4. The summed E-state index contributed by atoms with van der Waals surface area (Å²) in [6.07, 6.45) is 0. The number of aromatic hydroxyl groups is 2. The number of aryl methyl sites for hydroxylation is 1. The highest BCUT2D eigenvalue weighted by molar-refractivity contribution is 7.82. The number of carbonyl (C=O) groups is 1. The van der Waals surface area contributed by atoms with E-state index < -0.39 is 17.2 Å². The molecule has 5 nitrogen and oxygen atoms in total. The predicted molar refractivity (Wildman–Crippen MR) is 65.0 cm³/mol. The summed E-state index contributed by atoms with van der Waals surface area (Å²) in [6.45, 7) is 1.54. The zero-order chi connectivity index (χ0) is 12.9. The fourth-order valence-electron chi connectivity index (χ4n) is 1.73. The molecule has 2 rings (SSSR count). The molecule has 0 amide bonds. The van der Waals surface area contributed by atoms with E-state index in [0.29, 0.717) is 5.56 Å². The standard InChI is InChI=1S/C11H9NO4S/c1-3-2-4(13)5-6(8(3)14)9(15)7(12)10(16)11(5)17/h2,13-15H,12H2,1H3. The lowest BCUT2D eigenvalue weighted by atomic mass is 9.89. The van der Waals surface area contributed by atoms with E-state index in [2.05, 4.69) is 0 Å². The van der Waals surface area contributed by atoms with Gasteiger partial charge in [0, 0.05) is 0 Å². The van der Waals surface area contributed by atoms with E-state index in [1.54, 1.807) is 0 Å². The molecule has 1 aromatic rings. The molecule has 0 heterocycles. The van der Waals surface area contributed by atoms with Gasteiger partial charge in [0.1, 0.15) is 17.2 Å². The van der Waals surface area contributed by atoms with Crippen molar-refractivity contribution in [3.8, 4) is 11.5 Å². The summed E-state index contributed by atoms with van der Waals surface area (Å²) in [7, 11) is 0. The van der Waals surface area contributed by atoms with E-state index in [1.807, 2.05) is 0 Å². The van der Waals surface area contributed by atoms with Gasteiger partial charge >= 0.3 is 0 Å². The Morgan fingerprint density at radius 2 is 1.82 bits per heavy atom. The van der Waals surface area contributed by atoms with Gasteiger partial charge in [-0.3, -0.25) is 4.79 Å². The molecule has 0 fully saturated rings. The molecule has 0 saturated heterocycles. The summed E-state index contributed by atoms with van der Waals surface area (Å²) in [5.41, 5.74) is 5.16. The minimum atomic E-state index is -0.733. The average molecular weight is 251 g/mol. The van der Waals surface area contributed by atoms with Gasteiger partial charge in [0.25, 0.3) is 0 Å². The quantitative estimate of drug-likeness (QED) is 0.403. The zero-order valence-electron chi connectivity index (χ0n) is 8.81. The minimum absolute atomic E-state index is 0.0557. The number of hydrogen-bond acceptors (Lipinski definition) is 6. The molecule has 1 aromatic carbocycles. The van der Waals surface area contributed by atoms with Gasteiger partial charge in [0.2, 0.25) is 5.78 Å². The van der Waals surface area contributed by atoms with Crippen molar-refractivity contribution in [2.75, 3.05) is 0 Å². The minimum Gasteiger partial charge on any atom is -0.507 e. The van der Waals surface area contributed by atoms with Gasteiger partial charge in [-0.05, 0) is 18.6 Å². The van der Waals surface area contributed by atoms with E-state index in [-0.39, 0.29) is 27.5 Å². The molecule has 1 aliphatic rings. The van der Waals surface area contributed by atoms with Crippen molar-refractivity contribution < 1.29 is 20.1 Å². The van der Waals surface area contributed by atoms with E-state index in [4.69, 9.17) is 18.0 Å². The number of aliphatic hydroxyl groups is 1. The van der Waals surface area contributed by atoms with Crippen molar-refractivity contribution in [3.05, 3.63) is 28.5 Å². The van der Waals surface area contributed by atoms with Gasteiger partial charge in [0.15, 0.2) is 5.76 Å². The Morgan fingerprint density at radius 1 is 1.24 bits per heavy atom. The molecule has 1 aliphatic carbocycles. The summed E-state index contributed by atoms with van der Waals surface area (Å²) < 4.78 is 0. The maximum Gasteiger partial charge on any atom is 0.224 e. The normalized spacial score (nSPS) is 15.1. The number of rotatable bonds is 0. The van der Waals surface area contributed by atoms with Crippen LogP contribution in [0.2, 0.25) is 0 Å². The second kappa shape index (κ2) is 3.46. The van der Waals surface area contributed by atoms with Crippen LogP contribution in [0, 0.1) is 6.92 Å². The molecule has 6 heteroatoms. The maximum atomic E-state index is 11.6. The van der Waals surface area contributed by atoms with E-state index in [9.17, 15) is 20.1 Å². The number of phenolic OH excluding ortho intramolecular Hbond substituents is 2. The molecule has 0 spiro atoms. The predicted octanol–water partition coefficient (Wildman–Crippen LogP) is 0.892. The first kappa shape index (κ1) is 11.4. The average Bonchev–Trinajstić information content (AvgIpc) is 2.28. The molecule has 5 N–H and O–H groups in total.